The van der Waals surface area contributed by atoms with E-state index in [4.69, 9.17) is 9.97 Å². The molecule has 0 aliphatic heterocycles. The number of hydrogen-bond acceptors (Lipinski definition) is 3. The molecular formula is C47H34N4. The van der Waals surface area contributed by atoms with Crippen molar-refractivity contribution >= 4 is 38.9 Å². The quantitative estimate of drug-likeness (QED) is 0.171. The molecule has 0 unspecified atom stereocenters. The Labute approximate surface area is 297 Å². The number of hydrogen-bond donors (Lipinski definition) is 0. The fourth-order valence-corrected chi connectivity index (χ4v) is 7.30. The highest BCUT2D eigenvalue weighted by Gasteiger charge is 2.20. The molecule has 0 radical (unpaired) electrons. The first-order valence-corrected chi connectivity index (χ1v) is 17.2. The van der Waals surface area contributed by atoms with E-state index in [0.29, 0.717) is 0 Å². The molecule has 4 nitrogen and oxygen atoms in total. The van der Waals surface area contributed by atoms with Gasteiger partial charge >= 0.3 is 0 Å². The Bertz CT molecular complexity index is 2590. The van der Waals surface area contributed by atoms with Gasteiger partial charge in [-0.15, -0.1) is 0 Å². The minimum absolute atomic E-state index is 0.952. The molecule has 0 bridgehead atoms. The number of pyridine rings is 2. The number of para-hydroxylation sites is 3. The minimum atomic E-state index is 0.952. The zero-order valence-corrected chi connectivity index (χ0v) is 28.2. The highest BCUT2D eigenvalue weighted by molar-refractivity contribution is 6.13. The van der Waals surface area contributed by atoms with Gasteiger partial charge in [0.1, 0.15) is 0 Å². The van der Waals surface area contributed by atoms with Crippen molar-refractivity contribution in [3.8, 4) is 39.2 Å². The van der Waals surface area contributed by atoms with Crippen molar-refractivity contribution in [2.24, 2.45) is 0 Å². The molecule has 3 heterocycles. The number of fused-ring (bicyclic) bond motifs is 3. The van der Waals surface area contributed by atoms with E-state index in [1.807, 2.05) is 30.7 Å². The van der Waals surface area contributed by atoms with Crippen LogP contribution in [0.15, 0.2) is 188 Å². The van der Waals surface area contributed by atoms with Crippen LogP contribution in [-0.4, -0.2) is 14.5 Å². The molecular weight excluding hydrogens is 621 g/mol. The maximum Gasteiger partial charge on any atom is 0.0708 e. The molecule has 0 N–H and O–H groups in total. The average Bonchev–Trinajstić information content (AvgIpc) is 3.54. The molecule has 0 aliphatic rings. The standard InChI is InChI=1S/C47H34N4/c1-33-14-8-9-19-39(33)42-30-34(23-28-40(42)45-21-12-13-29-49-45)43-31-48-32-44-41-20-10-11-22-46(41)51(47(43)44)38-26-24-37(25-27-38)50(35-15-4-2-5-16-35)36-17-6-3-7-18-36/h2-32H,1H3. The Balaban J connectivity index is 1.24. The van der Waals surface area contributed by atoms with E-state index < -0.39 is 0 Å². The molecule has 0 atom stereocenters. The maximum atomic E-state index is 4.82. The normalized spacial score (nSPS) is 11.2. The third kappa shape index (κ3) is 5.44. The summed E-state index contributed by atoms with van der Waals surface area (Å²) < 4.78 is 2.39. The van der Waals surface area contributed by atoms with Crippen molar-refractivity contribution in [1.82, 2.24) is 14.5 Å². The van der Waals surface area contributed by atoms with Gasteiger partial charge in [-0.3, -0.25) is 9.97 Å². The van der Waals surface area contributed by atoms with E-state index in [-0.39, 0.29) is 0 Å². The van der Waals surface area contributed by atoms with Crippen molar-refractivity contribution in [1.29, 1.82) is 0 Å². The van der Waals surface area contributed by atoms with Crippen LogP contribution in [0.5, 0.6) is 0 Å². The summed E-state index contributed by atoms with van der Waals surface area (Å²) >= 11 is 0. The molecule has 0 spiro atoms. The van der Waals surface area contributed by atoms with Gasteiger partial charge in [0.2, 0.25) is 0 Å². The lowest BCUT2D eigenvalue weighted by molar-refractivity contribution is 1.17. The number of aromatic nitrogens is 3. The highest BCUT2D eigenvalue weighted by Crippen LogP contribution is 2.42. The van der Waals surface area contributed by atoms with Gasteiger partial charge in [0, 0.05) is 63.2 Å². The van der Waals surface area contributed by atoms with Gasteiger partial charge < -0.3 is 9.47 Å². The van der Waals surface area contributed by atoms with Crippen LogP contribution in [0.4, 0.5) is 17.1 Å². The molecule has 9 aromatic rings. The fourth-order valence-electron chi connectivity index (χ4n) is 7.30. The molecule has 0 saturated carbocycles. The van der Waals surface area contributed by atoms with Gasteiger partial charge in [-0.25, -0.2) is 0 Å². The monoisotopic (exact) mass is 654 g/mol. The molecule has 9 rings (SSSR count). The van der Waals surface area contributed by atoms with Gasteiger partial charge in [-0.1, -0.05) is 97.1 Å². The van der Waals surface area contributed by atoms with E-state index in [1.54, 1.807) is 0 Å². The summed E-state index contributed by atoms with van der Waals surface area (Å²) in [5, 5.41) is 2.29. The lowest BCUT2D eigenvalue weighted by atomic mass is 9.91. The molecule has 3 aromatic heterocycles. The van der Waals surface area contributed by atoms with Crippen molar-refractivity contribution < 1.29 is 0 Å². The van der Waals surface area contributed by atoms with Crippen molar-refractivity contribution in [2.45, 2.75) is 6.92 Å². The molecule has 0 aliphatic carbocycles. The number of benzene rings is 6. The van der Waals surface area contributed by atoms with E-state index in [1.165, 1.54) is 16.5 Å². The van der Waals surface area contributed by atoms with Gasteiger partial charge in [-0.05, 0) is 102 Å². The summed E-state index contributed by atoms with van der Waals surface area (Å²) in [5.41, 5.74) is 14.5. The van der Waals surface area contributed by atoms with Gasteiger partial charge in [0.05, 0.1) is 16.7 Å². The molecule has 0 fully saturated rings. The fraction of sp³-hybridized carbons (Fsp3) is 0.0213. The molecule has 4 heteroatoms. The third-order valence-corrected chi connectivity index (χ3v) is 9.68. The van der Waals surface area contributed by atoms with Crippen LogP contribution in [0, 0.1) is 6.92 Å². The van der Waals surface area contributed by atoms with Crippen LogP contribution in [0.3, 0.4) is 0 Å². The lowest BCUT2D eigenvalue weighted by Gasteiger charge is -2.25. The summed E-state index contributed by atoms with van der Waals surface area (Å²) in [6.07, 6.45) is 5.87. The van der Waals surface area contributed by atoms with Crippen LogP contribution < -0.4 is 4.90 Å². The number of rotatable bonds is 7. The minimum Gasteiger partial charge on any atom is -0.311 e. The van der Waals surface area contributed by atoms with E-state index in [2.05, 4.69) is 174 Å². The summed E-state index contributed by atoms with van der Waals surface area (Å²) in [6, 6.07) is 60.0. The number of anilines is 3. The predicted molar refractivity (Wildman–Crippen MR) is 212 cm³/mol. The van der Waals surface area contributed by atoms with E-state index in [0.717, 1.165) is 67.1 Å². The second-order valence-electron chi connectivity index (χ2n) is 12.7. The number of aryl methyl sites for hydroxylation is 1. The second kappa shape index (κ2) is 12.9. The van der Waals surface area contributed by atoms with Crippen molar-refractivity contribution in [3.05, 3.63) is 194 Å². The van der Waals surface area contributed by atoms with E-state index in [9.17, 15) is 0 Å². The predicted octanol–water partition coefficient (Wildman–Crippen LogP) is 12.4. The first-order valence-electron chi connectivity index (χ1n) is 17.2. The first-order chi connectivity index (χ1) is 25.2. The van der Waals surface area contributed by atoms with Crippen molar-refractivity contribution in [3.63, 3.8) is 0 Å². The summed E-state index contributed by atoms with van der Waals surface area (Å²) in [7, 11) is 0. The average molecular weight is 655 g/mol. The van der Waals surface area contributed by atoms with E-state index >= 15 is 0 Å². The largest absolute Gasteiger partial charge is 0.311 e. The second-order valence-corrected chi connectivity index (χ2v) is 12.7. The lowest BCUT2D eigenvalue weighted by Crippen LogP contribution is -2.09. The summed E-state index contributed by atoms with van der Waals surface area (Å²) in [5.74, 6) is 0. The highest BCUT2D eigenvalue weighted by atomic mass is 15.1. The molecule has 6 aromatic carbocycles. The van der Waals surface area contributed by atoms with Gasteiger partial charge in [0.15, 0.2) is 0 Å². The Kier molecular flexibility index (Phi) is 7.67. The Morgan fingerprint density at radius 2 is 1.16 bits per heavy atom. The van der Waals surface area contributed by atoms with Crippen LogP contribution in [0.25, 0.3) is 61.0 Å². The molecule has 51 heavy (non-hydrogen) atoms. The van der Waals surface area contributed by atoms with Crippen molar-refractivity contribution in [2.75, 3.05) is 4.90 Å². The molecule has 0 saturated heterocycles. The van der Waals surface area contributed by atoms with Crippen LogP contribution >= 0.6 is 0 Å². The van der Waals surface area contributed by atoms with Gasteiger partial charge in [-0.2, -0.15) is 0 Å². The third-order valence-electron chi connectivity index (χ3n) is 9.68. The van der Waals surface area contributed by atoms with Crippen LogP contribution in [0.1, 0.15) is 5.56 Å². The smallest absolute Gasteiger partial charge is 0.0708 e. The summed E-state index contributed by atoms with van der Waals surface area (Å²) in [6.45, 7) is 2.17. The van der Waals surface area contributed by atoms with Gasteiger partial charge in [0.25, 0.3) is 0 Å². The number of nitrogens with zero attached hydrogens (tertiary/aromatic N) is 4. The Morgan fingerprint density at radius 1 is 0.490 bits per heavy atom. The molecule has 0 amide bonds. The Hall–Kier alpha value is -6.78. The Morgan fingerprint density at radius 3 is 1.88 bits per heavy atom. The SMILES string of the molecule is Cc1ccccc1-c1cc(-c2cncc3c4ccccc4n(-c4ccc(N(c5ccccc5)c5ccccc5)cc4)c23)ccc1-c1ccccn1. The van der Waals surface area contributed by atoms with Crippen LogP contribution in [-0.2, 0) is 0 Å². The topological polar surface area (TPSA) is 34.0 Å². The summed E-state index contributed by atoms with van der Waals surface area (Å²) in [4.78, 5) is 11.8. The maximum absolute atomic E-state index is 4.82. The zero-order chi connectivity index (χ0) is 34.1. The first kappa shape index (κ1) is 30.3. The zero-order valence-electron chi connectivity index (χ0n) is 28.2. The van der Waals surface area contributed by atoms with Crippen LogP contribution in [0.2, 0.25) is 0 Å². The molecule has 242 valence electrons.